The quantitative estimate of drug-likeness (QED) is 0.767. The topological polar surface area (TPSA) is 55.0 Å². The van der Waals surface area contributed by atoms with Crippen LogP contribution < -0.4 is 10.6 Å². The summed E-state index contributed by atoms with van der Waals surface area (Å²) >= 11 is 0. The van der Waals surface area contributed by atoms with E-state index in [2.05, 4.69) is 21.8 Å². The normalized spacial score (nSPS) is 21.5. The van der Waals surface area contributed by atoms with Gasteiger partial charge in [-0.3, -0.25) is 0 Å². The van der Waals surface area contributed by atoms with Crippen molar-refractivity contribution in [2.75, 3.05) is 23.7 Å². The average Bonchev–Trinajstić information content (AvgIpc) is 2.67. The number of anilines is 2. The second kappa shape index (κ2) is 3.82. The van der Waals surface area contributed by atoms with Crippen molar-refractivity contribution in [3.63, 3.8) is 0 Å². The van der Waals surface area contributed by atoms with E-state index in [1.807, 2.05) is 0 Å². The standard InChI is InChI=1S/C10H16N4/c1-2-8-3-4-14(7-8)10-12-5-9(11)6-13-10/h5-6,8H,2-4,7,11H2,1H3. The van der Waals surface area contributed by atoms with Gasteiger partial charge in [-0.05, 0) is 12.3 Å². The summed E-state index contributed by atoms with van der Waals surface area (Å²) in [5, 5.41) is 0. The average molecular weight is 192 g/mol. The summed E-state index contributed by atoms with van der Waals surface area (Å²) < 4.78 is 0. The minimum Gasteiger partial charge on any atom is -0.396 e. The molecule has 76 valence electrons. The maximum Gasteiger partial charge on any atom is 0.225 e. The summed E-state index contributed by atoms with van der Waals surface area (Å²) in [5.74, 6) is 1.62. The van der Waals surface area contributed by atoms with E-state index >= 15 is 0 Å². The Kier molecular flexibility index (Phi) is 2.52. The van der Waals surface area contributed by atoms with E-state index in [1.165, 1.54) is 12.8 Å². The summed E-state index contributed by atoms with van der Waals surface area (Å²) in [5.41, 5.74) is 6.16. The van der Waals surface area contributed by atoms with Gasteiger partial charge in [-0.2, -0.15) is 0 Å². The van der Waals surface area contributed by atoms with Crippen molar-refractivity contribution in [1.82, 2.24) is 9.97 Å². The number of nitrogens with zero attached hydrogens (tertiary/aromatic N) is 3. The molecule has 0 radical (unpaired) electrons. The van der Waals surface area contributed by atoms with E-state index < -0.39 is 0 Å². The lowest BCUT2D eigenvalue weighted by atomic mass is 10.1. The molecule has 2 heterocycles. The molecule has 1 aliphatic heterocycles. The Morgan fingerprint density at radius 1 is 1.50 bits per heavy atom. The van der Waals surface area contributed by atoms with Crippen molar-refractivity contribution in [2.24, 2.45) is 5.92 Å². The second-order valence-electron chi connectivity index (χ2n) is 3.83. The van der Waals surface area contributed by atoms with Crippen LogP contribution in [0.5, 0.6) is 0 Å². The molecule has 0 bridgehead atoms. The molecule has 14 heavy (non-hydrogen) atoms. The first kappa shape index (κ1) is 9.24. The fourth-order valence-electron chi connectivity index (χ4n) is 1.84. The Morgan fingerprint density at radius 2 is 2.21 bits per heavy atom. The van der Waals surface area contributed by atoms with Gasteiger partial charge in [0.1, 0.15) is 0 Å². The van der Waals surface area contributed by atoms with Gasteiger partial charge in [0.05, 0.1) is 18.1 Å². The Hall–Kier alpha value is -1.32. The number of aromatic nitrogens is 2. The number of rotatable bonds is 2. The van der Waals surface area contributed by atoms with E-state index in [0.29, 0.717) is 5.69 Å². The van der Waals surface area contributed by atoms with Gasteiger partial charge in [-0.15, -0.1) is 0 Å². The van der Waals surface area contributed by atoms with Gasteiger partial charge in [-0.1, -0.05) is 13.3 Å². The first-order chi connectivity index (χ1) is 6.79. The van der Waals surface area contributed by atoms with E-state index in [-0.39, 0.29) is 0 Å². The molecule has 4 nitrogen and oxygen atoms in total. The van der Waals surface area contributed by atoms with Gasteiger partial charge in [-0.25, -0.2) is 9.97 Å². The van der Waals surface area contributed by atoms with Crippen LogP contribution in [0.15, 0.2) is 12.4 Å². The summed E-state index contributed by atoms with van der Waals surface area (Å²) in [6.45, 7) is 4.39. The third-order valence-electron chi connectivity index (χ3n) is 2.80. The zero-order valence-electron chi connectivity index (χ0n) is 8.48. The molecule has 2 rings (SSSR count). The highest BCUT2D eigenvalue weighted by molar-refractivity contribution is 5.38. The maximum atomic E-state index is 5.54. The molecule has 0 amide bonds. The largest absolute Gasteiger partial charge is 0.396 e. The van der Waals surface area contributed by atoms with Crippen molar-refractivity contribution in [3.05, 3.63) is 12.4 Å². The molecule has 1 atom stereocenters. The van der Waals surface area contributed by atoms with Crippen molar-refractivity contribution in [2.45, 2.75) is 19.8 Å². The lowest BCUT2D eigenvalue weighted by Gasteiger charge is -2.15. The zero-order chi connectivity index (χ0) is 9.97. The monoisotopic (exact) mass is 192 g/mol. The van der Waals surface area contributed by atoms with Gasteiger partial charge in [0.2, 0.25) is 5.95 Å². The molecule has 0 aliphatic carbocycles. The van der Waals surface area contributed by atoms with Crippen molar-refractivity contribution in [3.8, 4) is 0 Å². The fourth-order valence-corrected chi connectivity index (χ4v) is 1.84. The third kappa shape index (κ3) is 1.78. The van der Waals surface area contributed by atoms with Crippen LogP contribution in [-0.4, -0.2) is 23.1 Å². The van der Waals surface area contributed by atoms with Crippen LogP contribution >= 0.6 is 0 Å². The molecule has 0 saturated carbocycles. The van der Waals surface area contributed by atoms with E-state index in [1.54, 1.807) is 12.4 Å². The first-order valence-electron chi connectivity index (χ1n) is 5.12. The zero-order valence-corrected chi connectivity index (χ0v) is 8.48. The maximum absolute atomic E-state index is 5.54. The van der Waals surface area contributed by atoms with Crippen LogP contribution in [-0.2, 0) is 0 Å². The highest BCUT2D eigenvalue weighted by Gasteiger charge is 2.22. The van der Waals surface area contributed by atoms with Crippen LogP contribution in [0.3, 0.4) is 0 Å². The molecule has 1 saturated heterocycles. The smallest absolute Gasteiger partial charge is 0.225 e. The Bertz CT molecular complexity index is 295. The molecule has 2 N–H and O–H groups in total. The lowest BCUT2D eigenvalue weighted by Crippen LogP contribution is -2.21. The molecule has 0 aromatic carbocycles. The summed E-state index contributed by atoms with van der Waals surface area (Å²) in [6.07, 6.45) is 5.83. The first-order valence-corrected chi connectivity index (χ1v) is 5.12. The van der Waals surface area contributed by atoms with Gasteiger partial charge in [0.25, 0.3) is 0 Å². The molecule has 4 heteroatoms. The predicted octanol–water partition coefficient (Wildman–Crippen LogP) is 1.30. The van der Waals surface area contributed by atoms with E-state index in [4.69, 9.17) is 5.73 Å². The van der Waals surface area contributed by atoms with Gasteiger partial charge >= 0.3 is 0 Å². The molecule has 1 aromatic heterocycles. The Labute approximate surface area is 84.2 Å². The van der Waals surface area contributed by atoms with Gasteiger partial charge < -0.3 is 10.6 Å². The van der Waals surface area contributed by atoms with Gasteiger partial charge in [0, 0.05) is 13.1 Å². The molecule has 1 aromatic rings. The second-order valence-corrected chi connectivity index (χ2v) is 3.83. The third-order valence-corrected chi connectivity index (χ3v) is 2.80. The number of hydrogen-bond acceptors (Lipinski definition) is 4. The van der Waals surface area contributed by atoms with Crippen LogP contribution in [0.25, 0.3) is 0 Å². The molecule has 1 unspecified atom stereocenters. The number of nitrogens with two attached hydrogens (primary N) is 1. The molecular formula is C10H16N4. The van der Waals surface area contributed by atoms with Gasteiger partial charge in [0.15, 0.2) is 0 Å². The molecular weight excluding hydrogens is 176 g/mol. The van der Waals surface area contributed by atoms with Crippen molar-refractivity contribution in [1.29, 1.82) is 0 Å². The molecule has 1 aliphatic rings. The highest BCUT2D eigenvalue weighted by Crippen LogP contribution is 2.22. The number of hydrogen-bond donors (Lipinski definition) is 1. The summed E-state index contributed by atoms with van der Waals surface area (Å²) in [7, 11) is 0. The summed E-state index contributed by atoms with van der Waals surface area (Å²) in [6, 6.07) is 0. The Balaban J connectivity index is 2.06. The number of nitrogen functional groups attached to an aromatic ring is 1. The van der Waals surface area contributed by atoms with Crippen molar-refractivity contribution >= 4 is 11.6 Å². The van der Waals surface area contributed by atoms with Crippen LogP contribution in [0.4, 0.5) is 11.6 Å². The Morgan fingerprint density at radius 3 is 2.79 bits per heavy atom. The van der Waals surface area contributed by atoms with Crippen LogP contribution in [0.1, 0.15) is 19.8 Å². The fraction of sp³-hybridized carbons (Fsp3) is 0.600. The highest BCUT2D eigenvalue weighted by atomic mass is 15.3. The minimum absolute atomic E-state index is 0.625. The molecule has 1 fully saturated rings. The SMILES string of the molecule is CCC1CCN(c2ncc(N)cn2)C1. The van der Waals surface area contributed by atoms with E-state index in [0.717, 1.165) is 25.0 Å². The van der Waals surface area contributed by atoms with Crippen LogP contribution in [0, 0.1) is 5.92 Å². The van der Waals surface area contributed by atoms with Crippen LogP contribution in [0.2, 0.25) is 0 Å². The van der Waals surface area contributed by atoms with Crippen molar-refractivity contribution < 1.29 is 0 Å². The predicted molar refractivity (Wildman–Crippen MR) is 57.1 cm³/mol. The molecule has 0 spiro atoms. The lowest BCUT2D eigenvalue weighted by molar-refractivity contribution is 0.568. The minimum atomic E-state index is 0.625. The van der Waals surface area contributed by atoms with E-state index in [9.17, 15) is 0 Å². The summed E-state index contributed by atoms with van der Waals surface area (Å²) in [4.78, 5) is 10.7.